The fourth-order valence-electron chi connectivity index (χ4n) is 0.613. The molecule has 0 atom stereocenters. The zero-order valence-electron chi connectivity index (χ0n) is 7.64. The summed E-state index contributed by atoms with van der Waals surface area (Å²) >= 11 is 0. The van der Waals surface area contributed by atoms with Crippen molar-refractivity contribution in [2.75, 3.05) is 0 Å². The van der Waals surface area contributed by atoms with Gasteiger partial charge in [-0.1, -0.05) is 25.2 Å². The van der Waals surface area contributed by atoms with Gasteiger partial charge < -0.3 is 4.52 Å². The Morgan fingerprint density at radius 2 is 1.73 bits per heavy atom. The van der Waals surface area contributed by atoms with Crippen LogP contribution in [0.3, 0.4) is 0 Å². The average molecular weight is 214 g/mol. The van der Waals surface area contributed by atoms with Gasteiger partial charge in [-0.2, -0.15) is 10.2 Å². The van der Waals surface area contributed by atoms with Crippen molar-refractivity contribution in [3.8, 4) is 0 Å². The number of aromatic amines is 1. The third kappa shape index (κ3) is 6.30. The van der Waals surface area contributed by atoms with E-state index in [1.54, 1.807) is 20.8 Å². The van der Waals surface area contributed by atoms with E-state index in [4.69, 9.17) is 0 Å². The van der Waals surface area contributed by atoms with Gasteiger partial charge in [0.1, 0.15) is 0 Å². The highest BCUT2D eigenvalue weighted by Crippen LogP contribution is 1.89. The van der Waals surface area contributed by atoms with Gasteiger partial charge in [-0.05, 0) is 13.8 Å². The Balaban J connectivity index is 0. The van der Waals surface area contributed by atoms with Gasteiger partial charge in [0.2, 0.25) is 5.89 Å². The zero-order valence-corrected chi connectivity index (χ0v) is 7.64. The molecule has 0 unspecified atom stereocenters. The number of H-pyrrole nitrogens is 1. The van der Waals surface area contributed by atoms with E-state index in [2.05, 4.69) is 35.3 Å². The molecule has 86 valence electrons. The van der Waals surface area contributed by atoms with E-state index in [1.807, 2.05) is 0 Å². The first-order valence-electron chi connectivity index (χ1n) is 3.65. The molecule has 0 spiro atoms. The lowest BCUT2D eigenvalue weighted by Gasteiger charge is -1.64. The summed E-state index contributed by atoms with van der Waals surface area (Å²) in [5.41, 5.74) is 0. The van der Waals surface area contributed by atoms with Crippen LogP contribution in [0.1, 0.15) is 32.4 Å². The van der Waals surface area contributed by atoms with E-state index in [0.29, 0.717) is 17.5 Å². The number of nitrogens with one attached hydrogen (secondary N) is 1. The minimum Gasteiger partial charge on any atom is -0.340 e. The molecule has 15 heavy (non-hydrogen) atoms. The molecule has 0 bridgehead atoms. The van der Waals surface area contributed by atoms with Crippen molar-refractivity contribution in [1.29, 1.82) is 0 Å². The van der Waals surface area contributed by atoms with Gasteiger partial charge in [-0.25, -0.2) is 0 Å². The van der Waals surface area contributed by atoms with Crippen molar-refractivity contribution >= 4 is 0 Å². The first kappa shape index (κ1) is 15.7. The highest BCUT2D eigenvalue weighted by molar-refractivity contribution is 4.77. The van der Waals surface area contributed by atoms with Crippen LogP contribution in [0.2, 0.25) is 0 Å². The average Bonchev–Trinajstić information content (AvgIpc) is 2.64. The Hall–Kier alpha value is -1.79. The smallest absolute Gasteiger partial charge is 0.223 e. The molecule has 2 rings (SSSR count). The van der Waals surface area contributed by atoms with Crippen LogP contribution in [0.5, 0.6) is 0 Å². The second-order valence-corrected chi connectivity index (χ2v) is 2.32. The van der Waals surface area contributed by atoms with Crippen LogP contribution in [-0.2, 0) is 0 Å². The van der Waals surface area contributed by atoms with Crippen LogP contribution in [0.25, 0.3) is 0 Å². The predicted octanol–water partition coefficient (Wildman–Crippen LogP) is 1.47. The maximum Gasteiger partial charge on any atom is 0.223 e. The summed E-state index contributed by atoms with van der Waals surface area (Å²) in [6, 6.07) is 0. The van der Waals surface area contributed by atoms with Crippen molar-refractivity contribution in [2.45, 2.75) is 35.6 Å². The Morgan fingerprint density at radius 3 is 1.87 bits per heavy atom. The fourth-order valence-corrected chi connectivity index (χ4v) is 0.613. The van der Waals surface area contributed by atoms with Crippen molar-refractivity contribution in [3.63, 3.8) is 0 Å². The van der Waals surface area contributed by atoms with Gasteiger partial charge >= 0.3 is 0 Å². The highest BCUT2D eigenvalue weighted by Gasteiger charge is 1.89. The number of nitrogens with zero attached hydrogens (tertiary/aromatic N) is 5. The van der Waals surface area contributed by atoms with Crippen molar-refractivity contribution in [3.05, 3.63) is 17.5 Å². The van der Waals surface area contributed by atoms with Gasteiger partial charge in [0.05, 0.1) is 0 Å². The largest absolute Gasteiger partial charge is 0.340 e. The second kappa shape index (κ2) is 7.60. The summed E-state index contributed by atoms with van der Waals surface area (Å²) < 4.78 is 4.60. The first-order chi connectivity index (χ1) is 6.18. The van der Waals surface area contributed by atoms with E-state index in [1.165, 1.54) is 0 Å². The van der Waals surface area contributed by atoms with Crippen molar-refractivity contribution in [1.82, 2.24) is 30.8 Å². The molecular formula is C8H18N6O. The summed E-state index contributed by atoms with van der Waals surface area (Å²) in [7, 11) is 0. The summed E-state index contributed by atoms with van der Waals surface area (Å²) in [4.78, 5) is 3.83. The third-order valence-electron chi connectivity index (χ3n) is 1.08. The summed E-state index contributed by atoms with van der Waals surface area (Å²) in [6.07, 6.45) is 0. The lowest BCUT2D eigenvalue weighted by Crippen LogP contribution is -1.70. The number of hydrogen-bond acceptors (Lipinski definition) is 6. The van der Waals surface area contributed by atoms with Gasteiger partial charge in [0, 0.05) is 6.92 Å². The molecule has 0 aliphatic rings. The van der Waals surface area contributed by atoms with Gasteiger partial charge in [0.15, 0.2) is 11.6 Å². The standard InChI is InChI=1S/C4H6N2O.C2H4N4.2CH4/c1-3-5-4(2)7-6-3;1-2-3-5-6-4-2;;/h1-2H3;1H3,(H,3,4,5,6);2*1H4. The number of rotatable bonds is 0. The zero-order chi connectivity index (χ0) is 9.68. The molecule has 2 aromatic rings. The van der Waals surface area contributed by atoms with Crippen molar-refractivity contribution in [2.24, 2.45) is 0 Å². The summed E-state index contributed by atoms with van der Waals surface area (Å²) in [5, 5.41) is 16.3. The third-order valence-corrected chi connectivity index (χ3v) is 1.08. The SMILES string of the molecule is C.C.Cc1nn[nH]n1.Cc1noc(C)n1. The molecular weight excluding hydrogens is 196 g/mol. The van der Waals surface area contributed by atoms with Crippen molar-refractivity contribution < 1.29 is 4.52 Å². The van der Waals surface area contributed by atoms with Crippen LogP contribution in [-0.4, -0.2) is 30.8 Å². The first-order valence-corrected chi connectivity index (χ1v) is 3.65. The number of hydrogen-bond donors (Lipinski definition) is 1. The maximum absolute atomic E-state index is 4.60. The summed E-state index contributed by atoms with van der Waals surface area (Å²) in [5.74, 6) is 1.99. The predicted molar refractivity (Wildman–Crippen MR) is 56.1 cm³/mol. The van der Waals surface area contributed by atoms with E-state index >= 15 is 0 Å². The molecule has 2 aromatic heterocycles. The van der Waals surface area contributed by atoms with Crippen LogP contribution in [0.4, 0.5) is 0 Å². The van der Waals surface area contributed by atoms with Crippen LogP contribution in [0, 0.1) is 20.8 Å². The molecule has 0 saturated heterocycles. The quantitative estimate of drug-likeness (QED) is 0.713. The lowest BCUT2D eigenvalue weighted by molar-refractivity contribution is 0.389. The van der Waals surface area contributed by atoms with Crippen LogP contribution < -0.4 is 0 Å². The fraction of sp³-hybridized carbons (Fsp3) is 0.625. The molecule has 7 heteroatoms. The van der Waals surface area contributed by atoms with E-state index in [0.717, 1.165) is 0 Å². The molecule has 0 aliphatic carbocycles. The van der Waals surface area contributed by atoms with Gasteiger partial charge in [0.25, 0.3) is 0 Å². The molecule has 0 aliphatic heterocycles. The Kier molecular flexibility index (Phi) is 7.94. The molecule has 0 saturated carbocycles. The molecule has 7 nitrogen and oxygen atoms in total. The molecule has 0 amide bonds. The number of tetrazole rings is 1. The lowest BCUT2D eigenvalue weighted by atomic mass is 10.7. The highest BCUT2D eigenvalue weighted by atomic mass is 16.5. The van der Waals surface area contributed by atoms with Gasteiger partial charge in [-0.3, -0.25) is 0 Å². The molecule has 1 N–H and O–H groups in total. The maximum atomic E-state index is 4.60. The number of aryl methyl sites for hydroxylation is 3. The van der Waals surface area contributed by atoms with Crippen LogP contribution in [0.15, 0.2) is 4.52 Å². The topological polar surface area (TPSA) is 93.4 Å². The second-order valence-electron chi connectivity index (χ2n) is 2.32. The Bertz CT molecular complexity index is 325. The van der Waals surface area contributed by atoms with E-state index in [-0.39, 0.29) is 14.9 Å². The molecule has 0 aromatic carbocycles. The Morgan fingerprint density at radius 1 is 1.07 bits per heavy atom. The normalized spacial score (nSPS) is 7.93. The minimum atomic E-state index is 0. The van der Waals surface area contributed by atoms with Gasteiger partial charge in [-0.15, -0.1) is 10.2 Å². The minimum absolute atomic E-state index is 0. The number of aromatic nitrogens is 6. The summed E-state index contributed by atoms with van der Waals surface area (Å²) in [6.45, 7) is 5.32. The molecule has 2 heterocycles. The van der Waals surface area contributed by atoms with Crippen LogP contribution >= 0.6 is 0 Å². The monoisotopic (exact) mass is 214 g/mol. The van der Waals surface area contributed by atoms with E-state index < -0.39 is 0 Å². The Labute approximate surface area is 89.3 Å². The molecule has 0 fully saturated rings. The molecule has 0 radical (unpaired) electrons. The van der Waals surface area contributed by atoms with E-state index in [9.17, 15) is 0 Å².